The highest BCUT2D eigenvalue weighted by Gasteiger charge is 2.03. The van der Waals surface area contributed by atoms with Gasteiger partial charge < -0.3 is 5.11 Å². The summed E-state index contributed by atoms with van der Waals surface area (Å²) in [5.41, 5.74) is 0.662. The molecule has 1 atom stereocenters. The lowest BCUT2D eigenvalue weighted by atomic mass is 10.1. The van der Waals surface area contributed by atoms with Crippen LogP contribution in [0.25, 0.3) is 0 Å². The third-order valence-electron chi connectivity index (χ3n) is 2.08. The van der Waals surface area contributed by atoms with Gasteiger partial charge in [0.05, 0.1) is 6.10 Å². The van der Waals surface area contributed by atoms with Gasteiger partial charge in [-0.25, -0.2) is 4.39 Å². The molecule has 1 aromatic rings. The Morgan fingerprint density at radius 1 is 1.50 bits per heavy atom. The molecule has 1 nitrogen and oxygen atoms in total. The first-order valence-electron chi connectivity index (χ1n) is 4.71. The van der Waals surface area contributed by atoms with Crippen molar-refractivity contribution in [2.45, 2.75) is 32.3 Å². The summed E-state index contributed by atoms with van der Waals surface area (Å²) >= 11 is 5.62. The molecular weight excluding hydrogens is 203 g/mol. The average Bonchev–Trinajstić information content (AvgIpc) is 2.08. The van der Waals surface area contributed by atoms with Crippen LogP contribution < -0.4 is 0 Å². The number of halogens is 2. The molecule has 0 amide bonds. The molecule has 1 rings (SSSR count). The largest absolute Gasteiger partial charge is 0.393 e. The topological polar surface area (TPSA) is 20.2 Å². The molecule has 0 radical (unpaired) electrons. The molecular formula is C11H14ClFO. The van der Waals surface area contributed by atoms with Crippen molar-refractivity contribution in [1.29, 1.82) is 0 Å². The lowest BCUT2D eigenvalue weighted by molar-refractivity contribution is 0.181. The summed E-state index contributed by atoms with van der Waals surface area (Å²) in [4.78, 5) is 0. The molecule has 3 heteroatoms. The van der Waals surface area contributed by atoms with Gasteiger partial charge in [-0.3, -0.25) is 0 Å². The predicted octanol–water partition coefficient (Wildman–Crippen LogP) is 3.18. The van der Waals surface area contributed by atoms with Crippen LogP contribution in [0.2, 0.25) is 5.02 Å². The van der Waals surface area contributed by atoms with E-state index in [1.54, 1.807) is 19.1 Å². The zero-order valence-electron chi connectivity index (χ0n) is 8.13. The zero-order chi connectivity index (χ0) is 10.6. The van der Waals surface area contributed by atoms with Crippen molar-refractivity contribution in [3.05, 3.63) is 34.6 Å². The first-order chi connectivity index (χ1) is 6.59. The molecule has 0 saturated heterocycles. The molecule has 0 bridgehead atoms. The van der Waals surface area contributed by atoms with Gasteiger partial charge in [-0.2, -0.15) is 0 Å². The molecule has 0 aliphatic rings. The minimum Gasteiger partial charge on any atom is -0.393 e. The number of aryl methyl sites for hydroxylation is 1. The first kappa shape index (κ1) is 11.5. The van der Waals surface area contributed by atoms with E-state index in [1.807, 2.05) is 0 Å². The van der Waals surface area contributed by atoms with E-state index >= 15 is 0 Å². The summed E-state index contributed by atoms with van der Waals surface area (Å²) < 4.78 is 13.2. The molecule has 14 heavy (non-hydrogen) atoms. The SMILES string of the molecule is CC(O)CCCc1ccc(Cl)cc1F. The first-order valence-corrected chi connectivity index (χ1v) is 5.09. The quantitative estimate of drug-likeness (QED) is 0.820. The predicted molar refractivity (Wildman–Crippen MR) is 56.0 cm³/mol. The molecule has 1 N–H and O–H groups in total. The highest BCUT2D eigenvalue weighted by atomic mass is 35.5. The molecule has 0 aliphatic carbocycles. The lowest BCUT2D eigenvalue weighted by Crippen LogP contribution is -2.00. The molecule has 0 fully saturated rings. The fourth-order valence-corrected chi connectivity index (χ4v) is 1.47. The van der Waals surface area contributed by atoms with Crippen molar-refractivity contribution < 1.29 is 9.50 Å². The average molecular weight is 217 g/mol. The van der Waals surface area contributed by atoms with E-state index in [0.717, 1.165) is 6.42 Å². The Labute approximate surface area is 88.5 Å². The van der Waals surface area contributed by atoms with Crippen molar-refractivity contribution >= 4 is 11.6 Å². The van der Waals surface area contributed by atoms with Crippen LogP contribution in [-0.4, -0.2) is 11.2 Å². The normalized spacial score (nSPS) is 12.9. The summed E-state index contributed by atoms with van der Waals surface area (Å²) in [6, 6.07) is 4.70. The maximum Gasteiger partial charge on any atom is 0.127 e. The molecule has 1 aromatic carbocycles. The van der Waals surface area contributed by atoms with Gasteiger partial charge in [-0.05, 0) is 43.9 Å². The van der Waals surface area contributed by atoms with E-state index in [1.165, 1.54) is 6.07 Å². The maximum atomic E-state index is 13.2. The van der Waals surface area contributed by atoms with Gasteiger partial charge in [-0.1, -0.05) is 17.7 Å². The third kappa shape index (κ3) is 3.64. The van der Waals surface area contributed by atoms with Crippen molar-refractivity contribution in [3.8, 4) is 0 Å². The zero-order valence-corrected chi connectivity index (χ0v) is 8.89. The molecule has 78 valence electrons. The van der Waals surface area contributed by atoms with Crippen LogP contribution >= 0.6 is 11.6 Å². The van der Waals surface area contributed by atoms with Crippen LogP contribution in [-0.2, 0) is 6.42 Å². The van der Waals surface area contributed by atoms with Crippen molar-refractivity contribution in [1.82, 2.24) is 0 Å². The summed E-state index contributed by atoms with van der Waals surface area (Å²) in [7, 11) is 0. The minimum atomic E-state index is -0.314. The van der Waals surface area contributed by atoms with Crippen molar-refractivity contribution in [3.63, 3.8) is 0 Å². The maximum absolute atomic E-state index is 13.2. The molecule has 0 spiro atoms. The smallest absolute Gasteiger partial charge is 0.127 e. The van der Waals surface area contributed by atoms with E-state index in [0.29, 0.717) is 23.4 Å². The van der Waals surface area contributed by atoms with Gasteiger partial charge in [0.2, 0.25) is 0 Å². The van der Waals surface area contributed by atoms with Crippen molar-refractivity contribution in [2.24, 2.45) is 0 Å². The number of aliphatic hydroxyl groups excluding tert-OH is 1. The van der Waals surface area contributed by atoms with Crippen LogP contribution in [0.3, 0.4) is 0 Å². The van der Waals surface area contributed by atoms with Crippen molar-refractivity contribution in [2.75, 3.05) is 0 Å². The monoisotopic (exact) mass is 216 g/mol. The Balaban J connectivity index is 2.51. The van der Waals surface area contributed by atoms with E-state index in [9.17, 15) is 4.39 Å². The number of rotatable bonds is 4. The summed E-state index contributed by atoms with van der Waals surface area (Å²) in [5, 5.41) is 9.45. The van der Waals surface area contributed by atoms with Crippen LogP contribution in [0.5, 0.6) is 0 Å². The molecule has 0 heterocycles. The van der Waals surface area contributed by atoms with Crippen LogP contribution in [0.1, 0.15) is 25.3 Å². The Kier molecular flexibility index (Phi) is 4.36. The number of hydrogen-bond donors (Lipinski definition) is 1. The van der Waals surface area contributed by atoms with E-state index in [-0.39, 0.29) is 11.9 Å². The Morgan fingerprint density at radius 2 is 2.21 bits per heavy atom. The summed E-state index contributed by atoms with van der Waals surface area (Å²) in [6.07, 6.45) is 1.82. The fourth-order valence-electron chi connectivity index (χ4n) is 1.31. The number of hydrogen-bond acceptors (Lipinski definition) is 1. The van der Waals surface area contributed by atoms with Gasteiger partial charge in [0.15, 0.2) is 0 Å². The van der Waals surface area contributed by atoms with Gasteiger partial charge in [0.1, 0.15) is 5.82 Å². The van der Waals surface area contributed by atoms with E-state index in [2.05, 4.69) is 0 Å². The highest BCUT2D eigenvalue weighted by molar-refractivity contribution is 6.30. The number of aliphatic hydroxyl groups is 1. The lowest BCUT2D eigenvalue weighted by Gasteiger charge is -2.05. The van der Waals surface area contributed by atoms with Gasteiger partial charge in [-0.15, -0.1) is 0 Å². The van der Waals surface area contributed by atoms with E-state index in [4.69, 9.17) is 16.7 Å². The van der Waals surface area contributed by atoms with Crippen LogP contribution in [0, 0.1) is 5.82 Å². The second-order valence-corrected chi connectivity index (χ2v) is 3.91. The second kappa shape index (κ2) is 5.32. The van der Waals surface area contributed by atoms with E-state index < -0.39 is 0 Å². The van der Waals surface area contributed by atoms with Crippen LogP contribution in [0.15, 0.2) is 18.2 Å². The second-order valence-electron chi connectivity index (χ2n) is 3.48. The molecule has 0 aliphatic heterocycles. The Bertz CT molecular complexity index is 299. The Morgan fingerprint density at radius 3 is 2.79 bits per heavy atom. The Hall–Kier alpha value is -0.600. The minimum absolute atomic E-state index is 0.261. The summed E-state index contributed by atoms with van der Waals surface area (Å²) in [6.45, 7) is 1.73. The molecule has 1 unspecified atom stereocenters. The summed E-state index contributed by atoms with van der Waals surface area (Å²) in [5.74, 6) is -0.261. The third-order valence-corrected chi connectivity index (χ3v) is 2.32. The fraction of sp³-hybridized carbons (Fsp3) is 0.455. The van der Waals surface area contributed by atoms with Gasteiger partial charge in [0, 0.05) is 5.02 Å². The number of benzene rings is 1. The van der Waals surface area contributed by atoms with Gasteiger partial charge >= 0.3 is 0 Å². The van der Waals surface area contributed by atoms with Gasteiger partial charge in [0.25, 0.3) is 0 Å². The standard InChI is InChI=1S/C11H14ClFO/c1-8(14)3-2-4-9-5-6-10(12)7-11(9)13/h5-8,14H,2-4H2,1H3. The highest BCUT2D eigenvalue weighted by Crippen LogP contribution is 2.16. The van der Waals surface area contributed by atoms with Crippen LogP contribution in [0.4, 0.5) is 4.39 Å². The molecule has 0 aromatic heterocycles. The molecule has 0 saturated carbocycles.